The number of thioether (sulfide) groups is 1. The Morgan fingerprint density at radius 2 is 1.88 bits per heavy atom. The zero-order valence-corrected chi connectivity index (χ0v) is 18.8. The van der Waals surface area contributed by atoms with Gasteiger partial charge in [0.15, 0.2) is 5.16 Å². The lowest BCUT2D eigenvalue weighted by atomic mass is 10.1. The summed E-state index contributed by atoms with van der Waals surface area (Å²) in [7, 11) is 1.56. The van der Waals surface area contributed by atoms with Crippen molar-refractivity contribution in [2.24, 2.45) is 0 Å². The van der Waals surface area contributed by atoms with Crippen LogP contribution in [-0.2, 0) is 5.75 Å². The molecule has 0 saturated heterocycles. The van der Waals surface area contributed by atoms with Gasteiger partial charge in [0.25, 0.3) is 5.56 Å². The van der Waals surface area contributed by atoms with Gasteiger partial charge < -0.3 is 9.15 Å². The normalized spacial score (nSPS) is 11.2. The Kier molecular flexibility index (Phi) is 5.43. The number of hydrogen-bond acceptors (Lipinski definition) is 7. The maximum Gasteiger partial charge on any atom is 0.336 e. The molecular weight excluding hydrogens is 438 g/mol. The van der Waals surface area contributed by atoms with E-state index in [0.29, 0.717) is 39.0 Å². The summed E-state index contributed by atoms with van der Waals surface area (Å²) in [5.74, 6) is 1.51. The van der Waals surface area contributed by atoms with Gasteiger partial charge in [-0.1, -0.05) is 23.9 Å². The van der Waals surface area contributed by atoms with Crippen LogP contribution in [0.5, 0.6) is 5.75 Å². The highest BCUT2D eigenvalue weighted by Gasteiger charge is 2.16. The summed E-state index contributed by atoms with van der Waals surface area (Å²) in [4.78, 5) is 34.7. The number of aryl methyl sites for hydroxylation is 1. The fraction of sp³-hybridized carbons (Fsp3) is 0.120. The van der Waals surface area contributed by atoms with Crippen LogP contribution in [0.2, 0.25) is 0 Å². The van der Waals surface area contributed by atoms with Crippen molar-refractivity contribution >= 4 is 33.6 Å². The molecule has 0 bridgehead atoms. The Hall–Kier alpha value is -3.91. The standard InChI is InChI=1S/C25H19N3O4S/c1-15-9-10-26-22(11-15)28-24(30)19-5-3-4-6-20(19)27-25(28)33-14-16-12-23(29)32-21-13-17(31-2)7-8-18(16)21/h3-13H,14H2,1-2H3. The van der Waals surface area contributed by atoms with E-state index in [0.717, 1.165) is 16.5 Å². The maximum absolute atomic E-state index is 13.4. The predicted octanol–water partition coefficient (Wildman–Crippen LogP) is 4.50. The number of pyridine rings is 1. The summed E-state index contributed by atoms with van der Waals surface area (Å²) in [6.07, 6.45) is 1.67. The molecule has 0 aliphatic heterocycles. The summed E-state index contributed by atoms with van der Waals surface area (Å²) in [5, 5.41) is 1.81. The molecule has 0 aliphatic rings. The second-order valence-corrected chi connectivity index (χ2v) is 8.43. The van der Waals surface area contributed by atoms with Crippen molar-refractivity contribution < 1.29 is 9.15 Å². The Bertz CT molecular complexity index is 1620. The van der Waals surface area contributed by atoms with E-state index in [-0.39, 0.29) is 5.56 Å². The van der Waals surface area contributed by atoms with Crippen LogP contribution in [0, 0.1) is 6.92 Å². The van der Waals surface area contributed by atoms with Gasteiger partial charge in [-0.25, -0.2) is 19.3 Å². The first-order valence-electron chi connectivity index (χ1n) is 10.2. The van der Waals surface area contributed by atoms with E-state index in [1.165, 1.54) is 22.4 Å². The van der Waals surface area contributed by atoms with Gasteiger partial charge >= 0.3 is 5.63 Å². The number of ether oxygens (including phenoxy) is 1. The average molecular weight is 458 g/mol. The van der Waals surface area contributed by atoms with Crippen molar-refractivity contribution in [2.75, 3.05) is 7.11 Å². The van der Waals surface area contributed by atoms with Crippen molar-refractivity contribution in [3.8, 4) is 11.6 Å². The van der Waals surface area contributed by atoms with Crippen molar-refractivity contribution in [3.05, 3.63) is 98.8 Å². The van der Waals surface area contributed by atoms with Crippen LogP contribution in [0.3, 0.4) is 0 Å². The molecule has 0 amide bonds. The quantitative estimate of drug-likeness (QED) is 0.218. The molecule has 5 aromatic rings. The lowest BCUT2D eigenvalue weighted by Crippen LogP contribution is -2.22. The van der Waals surface area contributed by atoms with E-state index in [9.17, 15) is 9.59 Å². The number of para-hydroxylation sites is 1. The highest BCUT2D eigenvalue weighted by atomic mass is 32.2. The molecule has 3 aromatic heterocycles. The Morgan fingerprint density at radius 3 is 2.70 bits per heavy atom. The molecule has 3 heterocycles. The average Bonchev–Trinajstić information content (AvgIpc) is 2.82. The van der Waals surface area contributed by atoms with Crippen LogP contribution in [0.4, 0.5) is 0 Å². The van der Waals surface area contributed by atoms with Gasteiger partial charge in [0.1, 0.15) is 17.2 Å². The molecule has 33 heavy (non-hydrogen) atoms. The molecule has 5 rings (SSSR count). The molecule has 2 aromatic carbocycles. The number of methoxy groups -OCH3 is 1. The van der Waals surface area contributed by atoms with Crippen LogP contribution in [0.15, 0.2) is 86.0 Å². The number of benzene rings is 2. The highest BCUT2D eigenvalue weighted by Crippen LogP contribution is 2.29. The van der Waals surface area contributed by atoms with E-state index in [2.05, 4.69) is 4.98 Å². The Labute approximate surface area is 192 Å². The van der Waals surface area contributed by atoms with Crippen molar-refractivity contribution in [1.29, 1.82) is 0 Å². The molecule has 0 spiro atoms. The molecule has 0 fully saturated rings. The third-order valence-corrected chi connectivity index (χ3v) is 6.26. The minimum atomic E-state index is -0.449. The first kappa shape index (κ1) is 21.0. The second-order valence-electron chi connectivity index (χ2n) is 7.48. The summed E-state index contributed by atoms with van der Waals surface area (Å²) in [6, 6.07) is 17.8. The first-order valence-corrected chi connectivity index (χ1v) is 11.2. The van der Waals surface area contributed by atoms with Crippen LogP contribution in [0.25, 0.3) is 27.7 Å². The van der Waals surface area contributed by atoms with Gasteiger partial charge in [-0.05, 0) is 54.4 Å². The number of nitrogens with zero attached hydrogens (tertiary/aromatic N) is 3. The zero-order valence-electron chi connectivity index (χ0n) is 17.9. The summed E-state index contributed by atoms with van der Waals surface area (Å²) < 4.78 is 12.1. The number of hydrogen-bond donors (Lipinski definition) is 0. The molecule has 0 aliphatic carbocycles. The third kappa shape index (κ3) is 4.01. The van der Waals surface area contributed by atoms with E-state index in [4.69, 9.17) is 14.1 Å². The summed E-state index contributed by atoms with van der Waals surface area (Å²) in [5.41, 5.74) is 2.17. The van der Waals surface area contributed by atoms with Gasteiger partial charge in [0.2, 0.25) is 0 Å². The minimum absolute atomic E-state index is 0.191. The molecule has 164 valence electrons. The SMILES string of the molecule is COc1ccc2c(CSc3nc4ccccc4c(=O)n3-c3cc(C)ccn3)cc(=O)oc2c1. The predicted molar refractivity (Wildman–Crippen MR) is 128 cm³/mol. The molecular formula is C25H19N3O4S. The minimum Gasteiger partial charge on any atom is -0.497 e. The van der Waals surface area contributed by atoms with E-state index >= 15 is 0 Å². The third-order valence-electron chi connectivity index (χ3n) is 5.27. The first-order chi connectivity index (χ1) is 16.0. The lowest BCUT2D eigenvalue weighted by molar-refractivity contribution is 0.414. The van der Waals surface area contributed by atoms with Gasteiger partial charge in [-0.3, -0.25) is 4.79 Å². The van der Waals surface area contributed by atoms with Crippen LogP contribution in [-0.4, -0.2) is 21.6 Å². The van der Waals surface area contributed by atoms with Crippen molar-refractivity contribution in [1.82, 2.24) is 14.5 Å². The van der Waals surface area contributed by atoms with Crippen LogP contribution < -0.4 is 15.9 Å². The fourth-order valence-corrected chi connectivity index (χ4v) is 4.64. The van der Waals surface area contributed by atoms with Crippen LogP contribution in [0.1, 0.15) is 11.1 Å². The number of aromatic nitrogens is 3. The van der Waals surface area contributed by atoms with Gasteiger partial charge in [-0.15, -0.1) is 0 Å². The number of rotatable bonds is 5. The van der Waals surface area contributed by atoms with E-state index < -0.39 is 5.63 Å². The molecule has 0 saturated carbocycles. The maximum atomic E-state index is 13.4. The van der Waals surface area contributed by atoms with Gasteiger partial charge in [0.05, 0.1) is 18.0 Å². The lowest BCUT2D eigenvalue weighted by Gasteiger charge is -2.13. The Balaban J connectivity index is 1.63. The molecule has 0 atom stereocenters. The van der Waals surface area contributed by atoms with Crippen molar-refractivity contribution in [2.45, 2.75) is 17.8 Å². The van der Waals surface area contributed by atoms with E-state index in [1.807, 2.05) is 49.4 Å². The van der Waals surface area contributed by atoms with Gasteiger partial charge in [-0.2, -0.15) is 0 Å². The largest absolute Gasteiger partial charge is 0.497 e. The molecule has 7 nitrogen and oxygen atoms in total. The summed E-state index contributed by atoms with van der Waals surface area (Å²) >= 11 is 1.36. The summed E-state index contributed by atoms with van der Waals surface area (Å²) in [6.45, 7) is 1.95. The molecule has 0 unspecified atom stereocenters. The van der Waals surface area contributed by atoms with Gasteiger partial charge in [0, 0.05) is 29.5 Å². The number of fused-ring (bicyclic) bond motifs is 2. The van der Waals surface area contributed by atoms with Crippen molar-refractivity contribution in [3.63, 3.8) is 0 Å². The topological polar surface area (TPSA) is 87.2 Å². The zero-order chi connectivity index (χ0) is 22.9. The highest BCUT2D eigenvalue weighted by molar-refractivity contribution is 7.98. The molecule has 8 heteroatoms. The second kappa shape index (κ2) is 8.55. The smallest absolute Gasteiger partial charge is 0.336 e. The Morgan fingerprint density at radius 1 is 1.03 bits per heavy atom. The van der Waals surface area contributed by atoms with E-state index in [1.54, 1.807) is 25.4 Å². The fourth-order valence-electron chi connectivity index (χ4n) is 3.65. The molecule has 0 radical (unpaired) electrons. The monoisotopic (exact) mass is 457 g/mol. The van der Waals surface area contributed by atoms with Crippen LogP contribution >= 0.6 is 11.8 Å². The molecule has 0 N–H and O–H groups in total.